The van der Waals surface area contributed by atoms with Gasteiger partial charge in [0.25, 0.3) is 5.91 Å². The second kappa shape index (κ2) is 8.93. The summed E-state index contributed by atoms with van der Waals surface area (Å²) in [5, 5.41) is 6.29. The first-order chi connectivity index (χ1) is 11.2. The van der Waals surface area contributed by atoms with Crippen LogP contribution in [0.2, 0.25) is 0 Å². The lowest BCUT2D eigenvalue weighted by atomic mass is 10.1. The molecule has 2 aromatic rings. The van der Waals surface area contributed by atoms with Gasteiger partial charge in [0.15, 0.2) is 0 Å². The van der Waals surface area contributed by atoms with Gasteiger partial charge in [-0.25, -0.2) is 4.98 Å². The van der Waals surface area contributed by atoms with Crippen LogP contribution < -0.4 is 10.6 Å². The zero-order chi connectivity index (χ0) is 16.5. The van der Waals surface area contributed by atoms with Crippen molar-refractivity contribution in [2.24, 2.45) is 0 Å². The summed E-state index contributed by atoms with van der Waals surface area (Å²) in [5.74, 6) is 0.668. The second-order valence-electron chi connectivity index (χ2n) is 5.67. The molecule has 0 aliphatic carbocycles. The van der Waals surface area contributed by atoms with Crippen molar-refractivity contribution in [2.75, 3.05) is 11.9 Å². The minimum absolute atomic E-state index is 0.0298. The van der Waals surface area contributed by atoms with E-state index in [9.17, 15) is 4.79 Å². The highest BCUT2D eigenvalue weighted by Crippen LogP contribution is 2.13. The number of rotatable bonds is 8. The summed E-state index contributed by atoms with van der Waals surface area (Å²) in [6.45, 7) is 5.04. The minimum Gasteiger partial charge on any atom is -0.370 e. The smallest absolute Gasteiger partial charge is 0.251 e. The molecule has 0 spiro atoms. The maximum absolute atomic E-state index is 12.4. The third-order valence-corrected chi connectivity index (χ3v) is 3.76. The van der Waals surface area contributed by atoms with E-state index < -0.39 is 0 Å². The Hall–Kier alpha value is -2.36. The van der Waals surface area contributed by atoms with Crippen molar-refractivity contribution in [2.45, 2.75) is 39.2 Å². The molecular weight excluding hydrogens is 286 g/mol. The summed E-state index contributed by atoms with van der Waals surface area (Å²) in [5.41, 5.74) is 1.72. The summed E-state index contributed by atoms with van der Waals surface area (Å²) in [6, 6.07) is 13.5. The van der Waals surface area contributed by atoms with Crippen LogP contribution in [-0.2, 0) is 0 Å². The van der Waals surface area contributed by atoms with Crippen LogP contribution in [-0.4, -0.2) is 17.4 Å². The van der Waals surface area contributed by atoms with Gasteiger partial charge in [0.2, 0.25) is 0 Å². The van der Waals surface area contributed by atoms with E-state index in [0.717, 1.165) is 24.3 Å². The molecule has 2 N–H and O–H groups in total. The maximum Gasteiger partial charge on any atom is 0.251 e. The first kappa shape index (κ1) is 17.0. The van der Waals surface area contributed by atoms with Crippen LogP contribution in [0.3, 0.4) is 0 Å². The van der Waals surface area contributed by atoms with Crippen LogP contribution in [0.4, 0.5) is 5.82 Å². The fourth-order valence-corrected chi connectivity index (χ4v) is 2.36. The van der Waals surface area contributed by atoms with Crippen molar-refractivity contribution in [3.05, 3.63) is 59.8 Å². The Bertz CT molecular complexity index is 613. The van der Waals surface area contributed by atoms with Gasteiger partial charge in [0.05, 0.1) is 6.04 Å². The Labute approximate surface area is 138 Å². The number of amides is 1. The highest BCUT2D eigenvalue weighted by Gasteiger charge is 2.11. The molecule has 0 bridgehead atoms. The summed E-state index contributed by atoms with van der Waals surface area (Å²) in [7, 11) is 0. The van der Waals surface area contributed by atoms with Crippen LogP contribution >= 0.6 is 0 Å². The second-order valence-corrected chi connectivity index (χ2v) is 5.67. The highest BCUT2D eigenvalue weighted by atomic mass is 16.1. The molecule has 0 saturated carbocycles. The number of benzene rings is 1. The molecule has 0 aliphatic rings. The molecule has 1 aromatic carbocycles. The van der Waals surface area contributed by atoms with E-state index in [1.54, 1.807) is 18.3 Å². The lowest BCUT2D eigenvalue weighted by molar-refractivity contribution is 0.0940. The van der Waals surface area contributed by atoms with Crippen LogP contribution in [0.25, 0.3) is 0 Å². The van der Waals surface area contributed by atoms with Crippen LogP contribution in [0.15, 0.2) is 48.7 Å². The average Bonchev–Trinajstić information content (AvgIpc) is 2.60. The van der Waals surface area contributed by atoms with Crippen molar-refractivity contribution >= 4 is 11.7 Å². The van der Waals surface area contributed by atoms with Crippen LogP contribution in [0.5, 0.6) is 0 Å². The Balaban J connectivity index is 1.94. The van der Waals surface area contributed by atoms with E-state index in [-0.39, 0.29) is 11.9 Å². The summed E-state index contributed by atoms with van der Waals surface area (Å²) >= 11 is 0. The molecule has 0 radical (unpaired) electrons. The number of pyridine rings is 1. The summed E-state index contributed by atoms with van der Waals surface area (Å²) in [4.78, 5) is 16.7. The Morgan fingerprint density at radius 3 is 2.70 bits per heavy atom. The number of hydrogen-bond donors (Lipinski definition) is 2. The van der Waals surface area contributed by atoms with Crippen molar-refractivity contribution in [3.63, 3.8) is 0 Å². The number of aromatic nitrogens is 1. The van der Waals surface area contributed by atoms with Crippen molar-refractivity contribution in [3.8, 4) is 0 Å². The van der Waals surface area contributed by atoms with E-state index in [1.807, 2.05) is 37.3 Å². The predicted octanol–water partition coefficient (Wildman–Crippen LogP) is 4.17. The van der Waals surface area contributed by atoms with Crippen molar-refractivity contribution in [1.29, 1.82) is 0 Å². The van der Waals surface area contributed by atoms with E-state index in [2.05, 4.69) is 22.5 Å². The molecule has 1 heterocycles. The molecule has 1 unspecified atom stereocenters. The number of carbonyl (C=O) groups is 1. The average molecular weight is 311 g/mol. The third-order valence-electron chi connectivity index (χ3n) is 3.76. The van der Waals surface area contributed by atoms with E-state index in [1.165, 1.54) is 12.8 Å². The standard InChI is InChI=1S/C19H25N3O/c1-3-4-8-12-20-18-14-17(11-13-21-18)19(23)22-15(2)16-9-6-5-7-10-16/h5-7,9-11,13-15H,3-4,8,12H2,1-2H3,(H,20,21)(H,22,23). The van der Waals surface area contributed by atoms with Gasteiger partial charge >= 0.3 is 0 Å². The minimum atomic E-state index is -0.0830. The summed E-state index contributed by atoms with van der Waals surface area (Å²) in [6.07, 6.45) is 5.17. The maximum atomic E-state index is 12.4. The number of nitrogens with zero attached hydrogens (tertiary/aromatic N) is 1. The number of nitrogens with one attached hydrogen (secondary N) is 2. The monoisotopic (exact) mass is 311 g/mol. The van der Waals surface area contributed by atoms with Gasteiger partial charge in [-0.2, -0.15) is 0 Å². The lowest BCUT2D eigenvalue weighted by Crippen LogP contribution is -2.26. The van der Waals surface area contributed by atoms with Gasteiger partial charge in [0, 0.05) is 18.3 Å². The molecule has 1 amide bonds. The molecule has 0 aliphatic heterocycles. The van der Waals surface area contributed by atoms with Crippen molar-refractivity contribution < 1.29 is 4.79 Å². The van der Waals surface area contributed by atoms with Gasteiger partial charge in [0.1, 0.15) is 5.82 Å². The zero-order valence-corrected chi connectivity index (χ0v) is 13.9. The molecular formula is C19H25N3O. The first-order valence-corrected chi connectivity index (χ1v) is 8.26. The van der Waals surface area contributed by atoms with Gasteiger partial charge in [-0.15, -0.1) is 0 Å². The summed E-state index contributed by atoms with van der Waals surface area (Å²) < 4.78 is 0. The normalized spacial score (nSPS) is 11.7. The molecule has 23 heavy (non-hydrogen) atoms. The van der Waals surface area contributed by atoms with Gasteiger partial charge in [-0.3, -0.25) is 4.79 Å². The van der Waals surface area contributed by atoms with E-state index >= 15 is 0 Å². The topological polar surface area (TPSA) is 54.0 Å². The number of hydrogen-bond acceptors (Lipinski definition) is 3. The number of carbonyl (C=O) groups excluding carboxylic acids is 1. The van der Waals surface area contributed by atoms with Gasteiger partial charge in [-0.05, 0) is 31.0 Å². The Morgan fingerprint density at radius 1 is 1.17 bits per heavy atom. The number of anilines is 1. The third kappa shape index (κ3) is 5.40. The predicted molar refractivity (Wildman–Crippen MR) is 94.6 cm³/mol. The molecule has 4 heteroatoms. The molecule has 2 rings (SSSR count). The first-order valence-electron chi connectivity index (χ1n) is 8.26. The Kier molecular flexibility index (Phi) is 6.60. The molecule has 0 saturated heterocycles. The van der Waals surface area contributed by atoms with Crippen LogP contribution in [0.1, 0.15) is 55.1 Å². The highest BCUT2D eigenvalue weighted by molar-refractivity contribution is 5.95. The van der Waals surface area contributed by atoms with Gasteiger partial charge in [-0.1, -0.05) is 50.1 Å². The van der Waals surface area contributed by atoms with Crippen molar-refractivity contribution in [1.82, 2.24) is 10.3 Å². The molecule has 0 fully saturated rings. The zero-order valence-electron chi connectivity index (χ0n) is 13.9. The molecule has 1 atom stereocenters. The molecule has 1 aromatic heterocycles. The van der Waals surface area contributed by atoms with Gasteiger partial charge < -0.3 is 10.6 Å². The Morgan fingerprint density at radius 2 is 1.96 bits per heavy atom. The molecule has 122 valence electrons. The fourth-order valence-electron chi connectivity index (χ4n) is 2.36. The SMILES string of the molecule is CCCCCNc1cc(C(=O)NC(C)c2ccccc2)ccn1. The van der Waals surface area contributed by atoms with Crippen LogP contribution in [0, 0.1) is 0 Å². The molecule has 4 nitrogen and oxygen atoms in total. The quantitative estimate of drug-likeness (QED) is 0.719. The lowest BCUT2D eigenvalue weighted by Gasteiger charge is -2.14. The van der Waals surface area contributed by atoms with E-state index in [4.69, 9.17) is 0 Å². The number of unbranched alkanes of at least 4 members (excludes halogenated alkanes) is 2. The fraction of sp³-hybridized carbons (Fsp3) is 0.368. The van der Waals surface area contributed by atoms with E-state index in [0.29, 0.717) is 5.56 Å². The largest absolute Gasteiger partial charge is 0.370 e.